The molecule has 7 heteroatoms. The number of likely N-dealkylation sites (N-methyl/N-ethyl adjacent to an activating group) is 1. The number of allylic oxidation sites excluding steroid dienone is 4. The molecule has 6 nitrogen and oxygen atoms in total. The zero-order valence-corrected chi connectivity index (χ0v) is 22.0. The number of hydrogen-bond donors (Lipinski definition) is 3. The Morgan fingerprint density at radius 1 is 1.22 bits per heavy atom. The topological polar surface area (TPSA) is 94.7 Å². The minimum Gasteiger partial charge on any atom is -0.383 e. The molecule has 4 rings (SSSR count). The van der Waals surface area contributed by atoms with Crippen LogP contribution in [0.2, 0.25) is 0 Å². The van der Waals surface area contributed by atoms with E-state index in [1.165, 1.54) is 5.57 Å². The fourth-order valence-electron chi connectivity index (χ4n) is 4.13. The first-order valence-corrected chi connectivity index (χ1v) is 12.6. The van der Waals surface area contributed by atoms with E-state index in [9.17, 15) is 0 Å². The fourth-order valence-corrected chi connectivity index (χ4v) is 4.87. The lowest BCUT2D eigenvalue weighted by Crippen LogP contribution is -2.14. The highest BCUT2D eigenvalue weighted by atomic mass is 32.1. The van der Waals surface area contributed by atoms with Gasteiger partial charge in [0.05, 0.1) is 22.0 Å². The first kappa shape index (κ1) is 25.3. The summed E-state index contributed by atoms with van der Waals surface area (Å²) >= 11 is 1.65. The number of thiophene rings is 1. The van der Waals surface area contributed by atoms with E-state index in [0.717, 1.165) is 51.1 Å². The summed E-state index contributed by atoms with van der Waals surface area (Å²) in [6.45, 7) is 9.03. The van der Waals surface area contributed by atoms with E-state index in [0.29, 0.717) is 22.8 Å². The second-order valence-electron chi connectivity index (χ2n) is 9.36. The first-order chi connectivity index (χ1) is 17.2. The van der Waals surface area contributed by atoms with Crippen LogP contribution in [0.15, 0.2) is 78.0 Å². The molecule has 4 aromatic rings. The lowest BCUT2D eigenvalue weighted by atomic mass is 9.98. The summed E-state index contributed by atoms with van der Waals surface area (Å²) in [5, 5.41) is 12.0. The van der Waals surface area contributed by atoms with Gasteiger partial charge in [0, 0.05) is 41.0 Å². The Hall–Kier alpha value is -3.81. The van der Waals surface area contributed by atoms with Crippen molar-refractivity contribution in [2.45, 2.75) is 20.3 Å². The van der Waals surface area contributed by atoms with Crippen molar-refractivity contribution in [2.75, 3.05) is 26.4 Å². The van der Waals surface area contributed by atoms with E-state index in [2.05, 4.69) is 65.7 Å². The van der Waals surface area contributed by atoms with Crippen LogP contribution in [-0.2, 0) is 0 Å². The predicted octanol–water partition coefficient (Wildman–Crippen LogP) is 6.54. The van der Waals surface area contributed by atoms with Crippen LogP contribution in [0.5, 0.6) is 0 Å². The van der Waals surface area contributed by atoms with E-state index in [-0.39, 0.29) is 0 Å². The largest absolute Gasteiger partial charge is 0.383 e. The van der Waals surface area contributed by atoms with E-state index >= 15 is 0 Å². The summed E-state index contributed by atoms with van der Waals surface area (Å²) in [7, 11) is 4.11. The Bertz CT molecular complexity index is 1470. The van der Waals surface area contributed by atoms with Gasteiger partial charge >= 0.3 is 0 Å². The molecular weight excluding hydrogens is 464 g/mol. The Morgan fingerprint density at radius 2 is 2.03 bits per heavy atom. The summed E-state index contributed by atoms with van der Waals surface area (Å²) in [5.74, 6) is 0.326. The zero-order valence-electron chi connectivity index (χ0n) is 21.2. The average Bonchev–Trinajstić information content (AvgIpc) is 3.51. The minimum atomic E-state index is 0.295. The SMILES string of the molecule is C=C(C)C/C=C(\C=C(/C)CN(C)C)c1cnc(N)c(C(=N)c2cc3c(-c4cccs4)nccc3[nH]2)c1. The number of nitrogens with one attached hydrogen (secondary N) is 2. The number of rotatable bonds is 9. The van der Waals surface area contributed by atoms with Crippen LogP contribution in [-0.4, -0.2) is 46.2 Å². The van der Waals surface area contributed by atoms with Gasteiger partial charge in [-0.05, 0) is 69.6 Å². The molecule has 0 unspecified atom stereocenters. The standard InChI is InChI=1S/C29H32N6S/c1-18(2)8-9-20(13-19(3)17-35(4)5)21-14-23(29(31)33-16-21)27(30)25-15-22-24(34-25)10-11-32-28(22)26-7-6-12-36-26/h6-7,9-16,30,34H,1,8,17H2,2-5H3,(H2,31,33)/b19-13+,20-9+,30-27?. The maximum Gasteiger partial charge on any atom is 0.132 e. The molecule has 0 bridgehead atoms. The van der Waals surface area contributed by atoms with Crippen molar-refractivity contribution in [3.8, 4) is 10.6 Å². The lowest BCUT2D eigenvalue weighted by molar-refractivity contribution is 0.445. The van der Waals surface area contributed by atoms with Gasteiger partial charge in [-0.25, -0.2) is 4.98 Å². The van der Waals surface area contributed by atoms with Crippen LogP contribution >= 0.6 is 11.3 Å². The number of aromatic amines is 1. The Labute approximate surface area is 216 Å². The number of H-pyrrole nitrogens is 1. The number of nitrogens with zero attached hydrogens (tertiary/aromatic N) is 3. The van der Waals surface area contributed by atoms with Crippen LogP contribution < -0.4 is 5.73 Å². The van der Waals surface area contributed by atoms with Gasteiger partial charge in [0.15, 0.2) is 0 Å². The molecule has 0 atom stereocenters. The summed E-state index contributed by atoms with van der Waals surface area (Å²) in [4.78, 5) is 15.7. The average molecular weight is 497 g/mol. The maximum absolute atomic E-state index is 9.01. The number of fused-ring (bicyclic) bond motifs is 1. The highest BCUT2D eigenvalue weighted by molar-refractivity contribution is 7.13. The Morgan fingerprint density at radius 3 is 2.72 bits per heavy atom. The van der Waals surface area contributed by atoms with Gasteiger partial charge in [-0.15, -0.1) is 11.3 Å². The number of pyridine rings is 2. The minimum absolute atomic E-state index is 0.295. The molecule has 0 saturated carbocycles. The van der Waals surface area contributed by atoms with Crippen LogP contribution in [0.4, 0.5) is 5.82 Å². The van der Waals surface area contributed by atoms with Crippen molar-refractivity contribution >= 4 is 39.3 Å². The van der Waals surface area contributed by atoms with Gasteiger partial charge in [-0.2, -0.15) is 0 Å². The normalized spacial score (nSPS) is 12.5. The number of aromatic nitrogens is 3. The maximum atomic E-state index is 9.01. The molecule has 4 N–H and O–H groups in total. The van der Waals surface area contributed by atoms with E-state index in [1.54, 1.807) is 23.7 Å². The number of anilines is 1. The predicted molar refractivity (Wildman–Crippen MR) is 154 cm³/mol. The van der Waals surface area contributed by atoms with Crippen molar-refractivity contribution in [2.24, 2.45) is 0 Å². The molecule has 0 spiro atoms. The van der Waals surface area contributed by atoms with Crippen LogP contribution in [0.1, 0.15) is 37.1 Å². The fraction of sp³-hybridized carbons (Fsp3) is 0.207. The Balaban J connectivity index is 1.74. The molecule has 0 aromatic carbocycles. The quantitative estimate of drug-likeness (QED) is 0.139. The van der Waals surface area contributed by atoms with Gasteiger partial charge in [-0.1, -0.05) is 35.9 Å². The third kappa shape index (κ3) is 5.70. The van der Waals surface area contributed by atoms with E-state index in [4.69, 9.17) is 11.1 Å². The van der Waals surface area contributed by atoms with Crippen LogP contribution in [0.3, 0.4) is 0 Å². The molecule has 0 fully saturated rings. The third-order valence-electron chi connectivity index (χ3n) is 5.73. The monoisotopic (exact) mass is 496 g/mol. The number of nitrogens with two attached hydrogens (primary N) is 1. The van der Waals surface area contributed by atoms with Gasteiger partial charge in [0.1, 0.15) is 5.82 Å². The molecule has 0 aliphatic carbocycles. The highest BCUT2D eigenvalue weighted by Gasteiger charge is 2.16. The van der Waals surface area contributed by atoms with Crippen molar-refractivity contribution in [3.63, 3.8) is 0 Å². The number of hydrogen-bond acceptors (Lipinski definition) is 6. The van der Waals surface area contributed by atoms with Gasteiger partial charge < -0.3 is 15.6 Å². The second-order valence-corrected chi connectivity index (χ2v) is 10.3. The van der Waals surface area contributed by atoms with E-state index in [1.807, 2.05) is 36.6 Å². The molecule has 184 valence electrons. The van der Waals surface area contributed by atoms with Crippen molar-refractivity contribution in [3.05, 3.63) is 94.8 Å². The Kier molecular flexibility index (Phi) is 7.62. The smallest absolute Gasteiger partial charge is 0.132 e. The molecule has 36 heavy (non-hydrogen) atoms. The molecule has 0 radical (unpaired) electrons. The summed E-state index contributed by atoms with van der Waals surface area (Å²) in [6.07, 6.45) is 8.66. The molecule has 0 aliphatic rings. The van der Waals surface area contributed by atoms with Crippen molar-refractivity contribution < 1.29 is 0 Å². The van der Waals surface area contributed by atoms with Crippen molar-refractivity contribution in [1.82, 2.24) is 19.9 Å². The highest BCUT2D eigenvalue weighted by Crippen LogP contribution is 2.31. The molecule has 4 aromatic heterocycles. The zero-order chi connectivity index (χ0) is 25.8. The summed E-state index contributed by atoms with van der Waals surface area (Å²) < 4.78 is 0. The van der Waals surface area contributed by atoms with Crippen LogP contribution in [0.25, 0.3) is 27.0 Å². The van der Waals surface area contributed by atoms with Gasteiger partial charge in [-0.3, -0.25) is 10.4 Å². The number of nitrogen functional groups attached to an aromatic ring is 1. The second kappa shape index (κ2) is 10.8. The van der Waals surface area contributed by atoms with Gasteiger partial charge in [0.2, 0.25) is 0 Å². The molecule has 0 amide bonds. The molecular formula is C29H32N6S. The summed E-state index contributed by atoms with van der Waals surface area (Å²) in [6, 6.07) is 9.93. The van der Waals surface area contributed by atoms with Crippen LogP contribution in [0, 0.1) is 5.41 Å². The lowest BCUT2D eigenvalue weighted by Gasteiger charge is -2.13. The first-order valence-electron chi connectivity index (χ1n) is 11.8. The third-order valence-corrected chi connectivity index (χ3v) is 6.61. The molecule has 4 heterocycles. The van der Waals surface area contributed by atoms with E-state index < -0.39 is 0 Å². The molecule has 0 aliphatic heterocycles. The summed E-state index contributed by atoms with van der Waals surface area (Å²) in [5.41, 5.74) is 13.9. The van der Waals surface area contributed by atoms with Gasteiger partial charge in [0.25, 0.3) is 0 Å². The van der Waals surface area contributed by atoms with Crippen molar-refractivity contribution in [1.29, 1.82) is 5.41 Å². The molecule has 0 saturated heterocycles.